The van der Waals surface area contributed by atoms with Crippen LogP contribution in [0.15, 0.2) is 41.4 Å². The molecule has 138 valence electrons. The molecule has 4 rings (SSSR count). The van der Waals surface area contributed by atoms with Crippen molar-refractivity contribution in [3.63, 3.8) is 0 Å². The molecular formula is C20H21N5O2. The van der Waals surface area contributed by atoms with Crippen molar-refractivity contribution in [3.8, 4) is 11.3 Å². The van der Waals surface area contributed by atoms with Gasteiger partial charge in [-0.2, -0.15) is 0 Å². The van der Waals surface area contributed by atoms with Crippen molar-refractivity contribution in [1.82, 2.24) is 25.0 Å². The second-order valence-corrected chi connectivity index (χ2v) is 6.95. The summed E-state index contributed by atoms with van der Waals surface area (Å²) in [7, 11) is 0. The number of pyridine rings is 1. The first-order valence-electron chi connectivity index (χ1n) is 9.05. The van der Waals surface area contributed by atoms with Crippen LogP contribution in [0.4, 0.5) is 0 Å². The average Bonchev–Trinajstić information content (AvgIpc) is 3.28. The molecule has 1 atom stereocenters. The van der Waals surface area contributed by atoms with Crippen molar-refractivity contribution in [2.75, 3.05) is 13.1 Å². The summed E-state index contributed by atoms with van der Waals surface area (Å²) in [5.74, 6) is 1.19. The first-order valence-corrected chi connectivity index (χ1v) is 9.05. The lowest BCUT2D eigenvalue weighted by Crippen LogP contribution is -2.29. The van der Waals surface area contributed by atoms with Crippen molar-refractivity contribution in [2.24, 2.45) is 5.92 Å². The van der Waals surface area contributed by atoms with E-state index in [1.807, 2.05) is 30.9 Å². The summed E-state index contributed by atoms with van der Waals surface area (Å²) in [5.41, 5.74) is 4.20. The topological polar surface area (TPSA) is 85.0 Å². The van der Waals surface area contributed by atoms with Gasteiger partial charge in [0.25, 0.3) is 5.91 Å². The smallest absolute Gasteiger partial charge is 0.255 e. The molecule has 0 radical (unpaired) electrons. The largest absolute Gasteiger partial charge is 0.361 e. The lowest BCUT2D eigenvalue weighted by Gasteiger charge is -2.16. The van der Waals surface area contributed by atoms with E-state index in [4.69, 9.17) is 4.52 Å². The summed E-state index contributed by atoms with van der Waals surface area (Å²) in [6.45, 7) is 5.29. The van der Waals surface area contributed by atoms with Crippen LogP contribution in [-0.2, 0) is 6.42 Å². The minimum absolute atomic E-state index is 0.0460. The van der Waals surface area contributed by atoms with Crippen LogP contribution < -0.4 is 0 Å². The summed E-state index contributed by atoms with van der Waals surface area (Å²) >= 11 is 0. The van der Waals surface area contributed by atoms with Crippen LogP contribution in [-0.4, -0.2) is 44.0 Å². The van der Waals surface area contributed by atoms with E-state index in [1.165, 1.54) is 0 Å². The highest BCUT2D eigenvalue weighted by Gasteiger charge is 2.27. The van der Waals surface area contributed by atoms with Gasteiger partial charge in [0.15, 0.2) is 0 Å². The maximum atomic E-state index is 12.6. The van der Waals surface area contributed by atoms with Gasteiger partial charge in [-0.3, -0.25) is 9.78 Å². The number of carbonyl (C=O) groups excluding carboxylic acids is 1. The monoisotopic (exact) mass is 363 g/mol. The molecule has 0 spiro atoms. The summed E-state index contributed by atoms with van der Waals surface area (Å²) in [6, 6.07) is 5.60. The highest BCUT2D eigenvalue weighted by Crippen LogP contribution is 2.27. The van der Waals surface area contributed by atoms with E-state index in [9.17, 15) is 4.79 Å². The van der Waals surface area contributed by atoms with E-state index in [2.05, 4.69) is 20.1 Å². The van der Waals surface area contributed by atoms with E-state index < -0.39 is 0 Å². The third kappa shape index (κ3) is 3.58. The highest BCUT2D eigenvalue weighted by atomic mass is 16.5. The number of hydrogen-bond donors (Lipinski definition) is 0. The van der Waals surface area contributed by atoms with Crippen molar-refractivity contribution in [2.45, 2.75) is 26.7 Å². The number of nitrogens with zero attached hydrogens (tertiary/aromatic N) is 5. The van der Waals surface area contributed by atoms with Gasteiger partial charge in [0.2, 0.25) is 0 Å². The molecule has 3 aromatic rings. The SMILES string of the molecule is Cc1noc(C)c1-c1cc(C[C@@H]2CCN(C(=O)c3cccnc3)C2)ncn1. The molecule has 4 heterocycles. The third-order valence-corrected chi connectivity index (χ3v) is 4.99. The molecule has 0 unspecified atom stereocenters. The van der Waals surface area contributed by atoms with Crippen LogP contribution in [0.2, 0.25) is 0 Å². The zero-order chi connectivity index (χ0) is 18.8. The average molecular weight is 363 g/mol. The first-order chi connectivity index (χ1) is 13.1. The maximum Gasteiger partial charge on any atom is 0.255 e. The normalized spacial score (nSPS) is 16.7. The van der Waals surface area contributed by atoms with Crippen molar-refractivity contribution in [1.29, 1.82) is 0 Å². The second-order valence-electron chi connectivity index (χ2n) is 6.95. The molecule has 0 aromatic carbocycles. The number of likely N-dealkylation sites (tertiary alicyclic amines) is 1. The zero-order valence-electron chi connectivity index (χ0n) is 15.4. The van der Waals surface area contributed by atoms with Crippen LogP contribution in [0.3, 0.4) is 0 Å². The van der Waals surface area contributed by atoms with Crippen LogP contribution in [0.5, 0.6) is 0 Å². The van der Waals surface area contributed by atoms with Crippen LogP contribution in [0, 0.1) is 19.8 Å². The van der Waals surface area contributed by atoms with E-state index in [1.54, 1.807) is 24.8 Å². The molecule has 7 nitrogen and oxygen atoms in total. The first kappa shape index (κ1) is 17.3. The Kier molecular flexibility index (Phi) is 4.66. The van der Waals surface area contributed by atoms with Gasteiger partial charge in [-0.25, -0.2) is 9.97 Å². The fraction of sp³-hybridized carbons (Fsp3) is 0.350. The third-order valence-electron chi connectivity index (χ3n) is 4.99. The maximum absolute atomic E-state index is 12.6. The van der Waals surface area contributed by atoms with Gasteiger partial charge in [-0.15, -0.1) is 0 Å². The number of aryl methyl sites for hydroxylation is 2. The summed E-state index contributed by atoms with van der Waals surface area (Å²) < 4.78 is 5.25. The Morgan fingerprint density at radius 2 is 2.22 bits per heavy atom. The molecule has 7 heteroatoms. The van der Waals surface area contributed by atoms with Crippen LogP contribution in [0.1, 0.15) is 33.9 Å². The Bertz CT molecular complexity index is 935. The van der Waals surface area contributed by atoms with Gasteiger partial charge in [-0.05, 0) is 50.8 Å². The number of rotatable bonds is 4. The number of aromatic nitrogens is 4. The molecule has 0 aliphatic carbocycles. The molecule has 1 amide bonds. The summed E-state index contributed by atoms with van der Waals surface area (Å²) in [4.78, 5) is 27.3. The highest BCUT2D eigenvalue weighted by molar-refractivity contribution is 5.94. The fourth-order valence-corrected chi connectivity index (χ4v) is 3.65. The Labute approximate surface area is 157 Å². The predicted octanol–water partition coefficient (Wildman–Crippen LogP) is 2.85. The van der Waals surface area contributed by atoms with Gasteiger partial charge < -0.3 is 9.42 Å². The summed E-state index contributed by atoms with van der Waals surface area (Å²) in [5, 5.41) is 4.00. The van der Waals surface area contributed by atoms with E-state index >= 15 is 0 Å². The molecule has 3 aromatic heterocycles. The number of hydrogen-bond acceptors (Lipinski definition) is 6. The molecule has 0 bridgehead atoms. The second kappa shape index (κ2) is 7.26. The Morgan fingerprint density at radius 3 is 2.96 bits per heavy atom. The zero-order valence-corrected chi connectivity index (χ0v) is 15.4. The lowest BCUT2D eigenvalue weighted by atomic mass is 10.0. The predicted molar refractivity (Wildman–Crippen MR) is 99.0 cm³/mol. The fourth-order valence-electron chi connectivity index (χ4n) is 3.65. The number of amides is 1. The Morgan fingerprint density at radius 1 is 1.33 bits per heavy atom. The van der Waals surface area contributed by atoms with E-state index in [-0.39, 0.29) is 5.91 Å². The lowest BCUT2D eigenvalue weighted by molar-refractivity contribution is 0.0786. The molecule has 1 aliphatic rings. The van der Waals surface area contributed by atoms with Gasteiger partial charge in [0, 0.05) is 31.2 Å². The minimum atomic E-state index is 0.0460. The van der Waals surface area contributed by atoms with Crippen molar-refractivity contribution in [3.05, 3.63) is 59.6 Å². The Balaban J connectivity index is 1.45. The van der Waals surface area contributed by atoms with Gasteiger partial charge >= 0.3 is 0 Å². The number of carbonyl (C=O) groups is 1. The molecule has 1 aliphatic heterocycles. The van der Waals surface area contributed by atoms with E-state index in [0.717, 1.165) is 54.3 Å². The minimum Gasteiger partial charge on any atom is -0.361 e. The Hall–Kier alpha value is -3.09. The van der Waals surface area contributed by atoms with Crippen molar-refractivity contribution < 1.29 is 9.32 Å². The molecule has 0 saturated carbocycles. The molecule has 1 saturated heterocycles. The summed E-state index contributed by atoms with van der Waals surface area (Å²) in [6.07, 6.45) is 6.67. The van der Waals surface area contributed by atoms with E-state index in [0.29, 0.717) is 11.5 Å². The molecule has 1 fully saturated rings. The molecule has 0 N–H and O–H groups in total. The standard InChI is InChI=1S/C20H21N5O2/c1-13-19(14(2)27-24-13)18-9-17(22-12-23-18)8-15-5-7-25(11-15)20(26)16-4-3-6-21-10-16/h3-4,6,9-10,12,15H,5,7-8,11H2,1-2H3/t15-/m0/s1. The van der Waals surface area contributed by atoms with Crippen LogP contribution in [0.25, 0.3) is 11.3 Å². The van der Waals surface area contributed by atoms with Gasteiger partial charge in [-0.1, -0.05) is 5.16 Å². The molecule has 27 heavy (non-hydrogen) atoms. The van der Waals surface area contributed by atoms with Gasteiger partial charge in [0.1, 0.15) is 12.1 Å². The quantitative estimate of drug-likeness (QED) is 0.709. The van der Waals surface area contributed by atoms with Crippen molar-refractivity contribution >= 4 is 5.91 Å². The molecular weight excluding hydrogens is 342 g/mol. The van der Waals surface area contributed by atoms with Gasteiger partial charge in [0.05, 0.1) is 22.5 Å². The van der Waals surface area contributed by atoms with Crippen LogP contribution >= 0.6 is 0 Å².